The Morgan fingerprint density at radius 2 is 1.81 bits per heavy atom. The fourth-order valence-corrected chi connectivity index (χ4v) is 5.93. The third-order valence-corrected chi connectivity index (χ3v) is 8.21. The van der Waals surface area contributed by atoms with Gasteiger partial charge in [0.05, 0.1) is 20.8 Å². The second-order valence-corrected chi connectivity index (χ2v) is 11.8. The smallest absolute Gasteiger partial charge is 0.278 e. The minimum atomic E-state index is -6.15. The first-order chi connectivity index (χ1) is 16.6. The van der Waals surface area contributed by atoms with Crippen LogP contribution in [-0.2, 0) is 31.6 Å². The lowest BCUT2D eigenvalue weighted by Gasteiger charge is -2.37. The average molecular weight is 571 g/mol. The molecule has 1 aliphatic rings. The van der Waals surface area contributed by atoms with Crippen molar-refractivity contribution < 1.29 is 61.4 Å². The number of aliphatic hydroxyl groups excluding tert-OH is 2. The van der Waals surface area contributed by atoms with E-state index in [4.69, 9.17) is 4.74 Å². The Kier molecular flexibility index (Phi) is 8.85. The highest BCUT2D eigenvalue weighted by Gasteiger charge is 2.45. The molecule has 2 aromatic rings. The van der Waals surface area contributed by atoms with Gasteiger partial charge in [0.25, 0.3) is 15.6 Å². The summed E-state index contributed by atoms with van der Waals surface area (Å²) in [4.78, 5) is 56.1. The van der Waals surface area contributed by atoms with E-state index in [1.807, 2.05) is 19.9 Å². The molecule has 0 radical (unpaired) electrons. The summed E-state index contributed by atoms with van der Waals surface area (Å²) < 4.78 is 50.9. The van der Waals surface area contributed by atoms with Crippen LogP contribution in [0.3, 0.4) is 0 Å². The van der Waals surface area contributed by atoms with E-state index in [9.17, 15) is 43.5 Å². The van der Waals surface area contributed by atoms with Crippen molar-refractivity contribution in [2.24, 2.45) is 0 Å². The van der Waals surface area contributed by atoms with Crippen LogP contribution in [0.2, 0.25) is 0 Å². The Bertz CT molecular complexity index is 1260. The number of ether oxygens (including phenoxy) is 1. The number of hydrogen-bond donors (Lipinski definition) is 3. The summed E-state index contributed by atoms with van der Waals surface area (Å²) in [5, 5.41) is 23.8. The lowest BCUT2D eigenvalue weighted by molar-refractivity contribution is -0.339. The van der Waals surface area contributed by atoms with E-state index in [-0.39, 0.29) is 5.65 Å². The average Bonchev–Trinajstić information content (AvgIpc) is 3.26. The number of nitrogens with one attached hydrogen (secondary N) is 1. The summed E-state index contributed by atoms with van der Waals surface area (Å²) in [5.74, 6) is 0.374. The van der Waals surface area contributed by atoms with Crippen LogP contribution < -0.4 is 24.9 Å². The van der Waals surface area contributed by atoms with Gasteiger partial charge in [-0.05, 0) is 13.8 Å². The van der Waals surface area contributed by atoms with Crippen molar-refractivity contribution in [3.8, 4) is 0 Å². The van der Waals surface area contributed by atoms with Crippen LogP contribution in [-0.4, -0.2) is 61.2 Å². The van der Waals surface area contributed by atoms with E-state index >= 15 is 0 Å². The van der Waals surface area contributed by atoms with E-state index in [1.165, 1.54) is 17.2 Å². The highest BCUT2D eigenvalue weighted by atomic mass is 31.3. The Labute approximate surface area is 203 Å². The number of nitrogens with zero attached hydrogens (tertiary/aromatic N) is 4. The van der Waals surface area contributed by atoms with Gasteiger partial charge in [0, 0.05) is 6.54 Å². The molecule has 202 valence electrons. The summed E-state index contributed by atoms with van der Waals surface area (Å²) >= 11 is 0. The summed E-state index contributed by atoms with van der Waals surface area (Å²) in [5.41, 5.74) is 1.57. The van der Waals surface area contributed by atoms with Crippen LogP contribution in [0.5, 0.6) is 0 Å². The van der Waals surface area contributed by atoms with Crippen molar-refractivity contribution in [1.29, 1.82) is 0 Å². The Morgan fingerprint density at radius 3 is 2.44 bits per heavy atom. The predicted molar refractivity (Wildman–Crippen MR) is 110 cm³/mol. The minimum Gasteiger partial charge on any atom is -0.790 e. The molecule has 1 fully saturated rings. The number of hydrogen-bond acceptors (Lipinski definition) is 17. The van der Waals surface area contributed by atoms with Crippen LogP contribution in [0.15, 0.2) is 24.3 Å². The number of phosphoric acid groups is 3. The van der Waals surface area contributed by atoms with Gasteiger partial charge in [0.15, 0.2) is 23.2 Å². The molecule has 3 N–H and O–H groups in total. The van der Waals surface area contributed by atoms with Crippen molar-refractivity contribution in [1.82, 2.24) is 19.5 Å². The van der Waals surface area contributed by atoms with E-state index in [2.05, 4.69) is 33.4 Å². The van der Waals surface area contributed by atoms with Gasteiger partial charge in [0.2, 0.25) is 0 Å². The molecule has 0 bridgehead atoms. The van der Waals surface area contributed by atoms with E-state index in [0.717, 1.165) is 5.57 Å². The van der Waals surface area contributed by atoms with Gasteiger partial charge in [-0.25, -0.2) is 19.3 Å². The zero-order valence-electron chi connectivity index (χ0n) is 18.5. The molecule has 2 unspecified atom stereocenters. The van der Waals surface area contributed by atoms with Gasteiger partial charge in [-0.2, -0.15) is 0 Å². The number of phosphoric ester groups is 1. The quantitative estimate of drug-likeness (QED) is 0.188. The first kappa shape index (κ1) is 28.9. The Morgan fingerprint density at radius 1 is 1.11 bits per heavy atom. The molecule has 0 aromatic carbocycles. The molecule has 6 atom stereocenters. The molecule has 36 heavy (non-hydrogen) atoms. The van der Waals surface area contributed by atoms with Crippen LogP contribution >= 0.6 is 23.5 Å². The third-order valence-electron chi connectivity index (χ3n) is 4.55. The van der Waals surface area contributed by atoms with Crippen molar-refractivity contribution in [2.75, 3.05) is 18.5 Å². The van der Waals surface area contributed by atoms with Gasteiger partial charge in [0.1, 0.15) is 24.6 Å². The molecule has 0 saturated carbocycles. The van der Waals surface area contributed by atoms with Crippen molar-refractivity contribution in [3.63, 3.8) is 0 Å². The Hall–Kier alpha value is -1.62. The molecule has 2 aromatic heterocycles. The summed E-state index contributed by atoms with van der Waals surface area (Å²) in [7, 11) is -18.1. The number of imidazole rings is 1. The molecular formula is C15H20N5O13P3-4. The van der Waals surface area contributed by atoms with Crippen LogP contribution in [0.25, 0.3) is 11.2 Å². The fraction of sp³-hybridized carbons (Fsp3) is 0.533. The molecule has 0 amide bonds. The monoisotopic (exact) mass is 571 g/mol. The molecular weight excluding hydrogens is 551 g/mol. The highest BCUT2D eigenvalue weighted by molar-refractivity contribution is 7.64. The number of allylic oxidation sites excluding steroid dienone is 1. The Balaban J connectivity index is 1.71. The fourth-order valence-electron chi connectivity index (χ4n) is 3.06. The molecule has 0 spiro atoms. The predicted octanol–water partition coefficient (Wildman–Crippen LogP) is -2.36. The number of aromatic nitrogens is 4. The largest absolute Gasteiger partial charge is 0.790 e. The maximum Gasteiger partial charge on any atom is 0.278 e. The third kappa shape index (κ3) is 7.46. The maximum absolute atomic E-state index is 11.7. The maximum atomic E-state index is 11.7. The topological polar surface area (TPSA) is 276 Å². The summed E-state index contributed by atoms with van der Waals surface area (Å²) in [6.07, 6.45) is -1.86. The van der Waals surface area contributed by atoms with Gasteiger partial charge >= 0.3 is 0 Å². The van der Waals surface area contributed by atoms with Crippen LogP contribution in [0.1, 0.15) is 20.1 Å². The number of fused-ring (bicyclic) bond motifs is 1. The first-order valence-electron chi connectivity index (χ1n) is 9.86. The van der Waals surface area contributed by atoms with Crippen LogP contribution in [0, 0.1) is 0 Å². The van der Waals surface area contributed by atoms with E-state index in [1.54, 1.807) is 0 Å². The molecule has 1 aliphatic heterocycles. The molecule has 3 rings (SSSR count). The summed E-state index contributed by atoms with van der Waals surface area (Å²) in [6, 6.07) is 0. The molecule has 1 saturated heterocycles. The molecule has 21 heteroatoms. The number of anilines is 1. The van der Waals surface area contributed by atoms with Gasteiger partial charge < -0.3 is 48.9 Å². The zero-order valence-corrected chi connectivity index (χ0v) is 21.2. The van der Waals surface area contributed by atoms with Gasteiger partial charge in [-0.1, -0.05) is 11.6 Å². The number of aliphatic hydroxyl groups is 2. The summed E-state index contributed by atoms with van der Waals surface area (Å²) in [6.45, 7) is 3.21. The van der Waals surface area contributed by atoms with E-state index in [0.29, 0.717) is 17.9 Å². The standard InChI is InChI=1S/C15H24N5O13P3/c1-8(2)3-4-16-13-10-14(18-6-17-13)20(7-19-10)15-12(22)11(21)9(31-15)5-30-35(26,27)33-36(28,29)32-34(23,24)25/h3,6-7,9,11-12,15,21-22H,4-5H2,1-2H3,(H,26,27)(H,28,29)(H,16,17,18)(H2,23,24,25)/p-4/t9-,11-,12-,15-/m1/s1. The minimum absolute atomic E-state index is 0.199. The highest BCUT2D eigenvalue weighted by Crippen LogP contribution is 2.60. The second-order valence-electron chi connectivity index (χ2n) is 7.56. The van der Waals surface area contributed by atoms with Crippen molar-refractivity contribution in [3.05, 3.63) is 24.3 Å². The molecule has 18 nitrogen and oxygen atoms in total. The van der Waals surface area contributed by atoms with Gasteiger partial charge in [-0.15, -0.1) is 0 Å². The second kappa shape index (κ2) is 11.0. The number of rotatable bonds is 11. The van der Waals surface area contributed by atoms with E-state index < -0.39 is 54.6 Å². The molecule has 3 heterocycles. The van der Waals surface area contributed by atoms with Crippen molar-refractivity contribution in [2.45, 2.75) is 38.4 Å². The van der Waals surface area contributed by atoms with Crippen LogP contribution in [0.4, 0.5) is 5.82 Å². The zero-order chi connectivity index (χ0) is 26.9. The SMILES string of the molecule is CC(C)=CCNc1ncnc2c1ncn2[C@@H]1O[C@H](COP(=O)([O-])OP(=O)([O-])OP(=O)([O-])[O-])[C@@H](O)[C@H]1O. The normalized spacial score (nSPS) is 25.9. The first-order valence-corrected chi connectivity index (χ1v) is 14.2. The van der Waals surface area contributed by atoms with Crippen molar-refractivity contribution >= 4 is 40.4 Å². The molecule has 0 aliphatic carbocycles. The lowest BCUT2D eigenvalue weighted by Crippen LogP contribution is -2.34. The van der Waals surface area contributed by atoms with Gasteiger partial charge in [-0.3, -0.25) is 18.0 Å². The lowest BCUT2D eigenvalue weighted by atomic mass is 10.1.